The van der Waals surface area contributed by atoms with E-state index in [4.69, 9.17) is 32.7 Å². The number of halogens is 4. The average molecular weight is 540 g/mol. The van der Waals surface area contributed by atoms with Crippen LogP contribution in [0.25, 0.3) is 0 Å². The third-order valence-electron chi connectivity index (χ3n) is 7.69. The van der Waals surface area contributed by atoms with Gasteiger partial charge in [0.2, 0.25) is 17.7 Å². The number of fused-ring (bicyclic) bond motifs is 3. The number of piperidine rings is 2. The van der Waals surface area contributed by atoms with Crippen LogP contribution in [0.3, 0.4) is 0 Å². The minimum Gasteiger partial charge on any atom is -0.368 e. The first-order chi connectivity index (χ1) is 16.6. The van der Waals surface area contributed by atoms with E-state index >= 15 is 0 Å². The van der Waals surface area contributed by atoms with Crippen LogP contribution in [-0.4, -0.2) is 77.4 Å². The van der Waals surface area contributed by atoms with Gasteiger partial charge in [-0.1, -0.05) is 0 Å². The molecule has 2 bridgehead atoms. The maximum absolute atomic E-state index is 13.8. The van der Waals surface area contributed by atoms with Crippen LogP contribution < -0.4 is 16.0 Å². The maximum Gasteiger partial charge on any atom is 0.247 e. The molecular formula is C23H33Cl2F2N3O5. The molecule has 3 N–H and O–H groups in total. The highest BCUT2D eigenvalue weighted by atomic mass is 35.5. The monoisotopic (exact) mass is 539 g/mol. The molecule has 6 unspecified atom stereocenters. The Kier molecular flexibility index (Phi) is 8.45. The Morgan fingerprint density at radius 1 is 0.857 bits per heavy atom. The van der Waals surface area contributed by atoms with Crippen LogP contribution in [0.2, 0.25) is 0 Å². The Hall–Kier alpha value is -1.23. The second-order valence-electron chi connectivity index (χ2n) is 10.3. The second kappa shape index (κ2) is 11.0. The molecule has 2 saturated heterocycles. The van der Waals surface area contributed by atoms with Gasteiger partial charge in [-0.05, 0) is 51.4 Å². The summed E-state index contributed by atoms with van der Waals surface area (Å²) in [5.74, 6) is -1.19. The number of rotatable bonds is 8. The molecule has 0 spiro atoms. The number of carbonyl (C=O) groups is 3. The number of carbonyl (C=O) groups excluding carboxylic acids is 3. The van der Waals surface area contributed by atoms with Crippen molar-refractivity contribution in [2.45, 2.75) is 111 Å². The molecule has 6 atom stereocenters. The minimum atomic E-state index is -1.16. The molecule has 0 aromatic carbocycles. The number of nitrogens with one attached hydrogen (secondary N) is 3. The van der Waals surface area contributed by atoms with Gasteiger partial charge in [-0.2, -0.15) is 0 Å². The van der Waals surface area contributed by atoms with Gasteiger partial charge in [0.05, 0.1) is 23.0 Å². The summed E-state index contributed by atoms with van der Waals surface area (Å²) in [6.45, 7) is -0.490. The first-order valence-electron chi connectivity index (χ1n) is 12.3. The molecule has 3 saturated carbocycles. The first kappa shape index (κ1) is 26.8. The molecule has 3 amide bonds. The molecule has 5 fully saturated rings. The number of hydrogen-bond acceptors (Lipinski definition) is 5. The van der Waals surface area contributed by atoms with Crippen molar-refractivity contribution in [2.24, 2.45) is 0 Å². The molecule has 0 radical (unpaired) electrons. The van der Waals surface area contributed by atoms with Crippen molar-refractivity contribution in [3.05, 3.63) is 0 Å². The van der Waals surface area contributed by atoms with Crippen LogP contribution in [0.4, 0.5) is 8.78 Å². The van der Waals surface area contributed by atoms with E-state index in [-0.39, 0.29) is 44.2 Å². The molecular weight excluding hydrogens is 507 g/mol. The lowest BCUT2D eigenvalue weighted by Crippen LogP contribution is -2.77. The maximum atomic E-state index is 13.8. The van der Waals surface area contributed by atoms with Crippen molar-refractivity contribution >= 4 is 40.9 Å². The lowest BCUT2D eigenvalue weighted by molar-refractivity contribution is -0.149. The van der Waals surface area contributed by atoms with E-state index in [0.717, 1.165) is 0 Å². The molecule has 5 rings (SSSR count). The number of alkyl halides is 4. The van der Waals surface area contributed by atoms with Gasteiger partial charge in [0.25, 0.3) is 0 Å². The predicted molar refractivity (Wildman–Crippen MR) is 125 cm³/mol. The standard InChI is InChI=1S/C23H33Cl2F2N3O5/c24-15-3-1-13(9-17(15)26)34-11-19(31)28-22-5-7-23(8-6-22,30-21(22)33)29-20(32)12-35-14-2-4-16(25)18(27)10-14/h13-18H,1-12H2,(H,28,31)(H,29,32)(H,30,33). The van der Waals surface area contributed by atoms with Gasteiger partial charge in [-0.25, -0.2) is 8.78 Å². The average Bonchev–Trinajstić information content (AvgIpc) is 2.82. The minimum absolute atomic E-state index is 0.154. The fourth-order valence-corrected chi connectivity index (χ4v) is 5.97. The van der Waals surface area contributed by atoms with E-state index in [0.29, 0.717) is 51.4 Å². The Morgan fingerprint density at radius 2 is 1.34 bits per heavy atom. The van der Waals surface area contributed by atoms with E-state index < -0.39 is 46.1 Å². The molecule has 0 aromatic heterocycles. The molecule has 12 heteroatoms. The topological polar surface area (TPSA) is 106 Å². The van der Waals surface area contributed by atoms with Crippen molar-refractivity contribution in [3.63, 3.8) is 0 Å². The van der Waals surface area contributed by atoms with Crippen molar-refractivity contribution < 1.29 is 32.6 Å². The van der Waals surface area contributed by atoms with Gasteiger partial charge in [0.1, 0.15) is 36.8 Å². The third-order valence-corrected chi connectivity index (χ3v) is 8.68. The number of hydrogen-bond donors (Lipinski definition) is 3. The molecule has 0 aromatic rings. The highest BCUT2D eigenvalue weighted by Crippen LogP contribution is 2.39. The van der Waals surface area contributed by atoms with E-state index in [1.54, 1.807) is 0 Å². The summed E-state index contributed by atoms with van der Waals surface area (Å²) < 4.78 is 38.7. The Bertz CT molecular complexity index is 814. The fourth-order valence-electron chi connectivity index (χ4n) is 5.51. The highest BCUT2D eigenvalue weighted by Gasteiger charge is 2.55. The SMILES string of the molecule is O=C(COC1CCC(Cl)C(F)C1)NC12CCC(NC(=O)COC3CCC(Cl)C(F)C3)(CC1)C(=O)N2. The van der Waals surface area contributed by atoms with Crippen LogP contribution in [0, 0.1) is 0 Å². The molecule has 2 aliphatic heterocycles. The van der Waals surface area contributed by atoms with Gasteiger partial charge in [-0.3, -0.25) is 14.4 Å². The molecule has 5 aliphatic rings. The zero-order valence-electron chi connectivity index (χ0n) is 19.5. The zero-order valence-corrected chi connectivity index (χ0v) is 21.0. The van der Waals surface area contributed by atoms with Gasteiger partial charge in [-0.15, -0.1) is 23.2 Å². The molecule has 198 valence electrons. The molecule has 2 heterocycles. The van der Waals surface area contributed by atoms with Gasteiger partial charge < -0.3 is 25.4 Å². The highest BCUT2D eigenvalue weighted by molar-refractivity contribution is 6.21. The van der Waals surface area contributed by atoms with Crippen LogP contribution in [0.5, 0.6) is 0 Å². The van der Waals surface area contributed by atoms with Gasteiger partial charge >= 0.3 is 0 Å². The molecule has 35 heavy (non-hydrogen) atoms. The van der Waals surface area contributed by atoms with Gasteiger partial charge in [0.15, 0.2) is 0 Å². The van der Waals surface area contributed by atoms with Crippen molar-refractivity contribution in [3.8, 4) is 0 Å². The Balaban J connectivity index is 1.21. The predicted octanol–water partition coefficient (Wildman–Crippen LogP) is 2.39. The van der Waals surface area contributed by atoms with E-state index in [2.05, 4.69) is 16.0 Å². The van der Waals surface area contributed by atoms with Crippen LogP contribution >= 0.6 is 23.2 Å². The van der Waals surface area contributed by atoms with Crippen molar-refractivity contribution in [1.29, 1.82) is 0 Å². The number of ether oxygens (including phenoxy) is 2. The largest absolute Gasteiger partial charge is 0.368 e. The Morgan fingerprint density at radius 3 is 1.80 bits per heavy atom. The second-order valence-corrected chi connectivity index (χ2v) is 11.4. The summed E-state index contributed by atoms with van der Waals surface area (Å²) in [5, 5.41) is 7.47. The molecule has 8 nitrogen and oxygen atoms in total. The van der Waals surface area contributed by atoms with E-state index in [9.17, 15) is 23.2 Å². The third kappa shape index (κ3) is 6.37. The first-order valence-corrected chi connectivity index (χ1v) is 13.2. The van der Waals surface area contributed by atoms with Crippen molar-refractivity contribution in [1.82, 2.24) is 16.0 Å². The smallest absolute Gasteiger partial charge is 0.247 e. The lowest BCUT2D eigenvalue weighted by atomic mass is 9.71. The zero-order chi connectivity index (χ0) is 25.2. The summed E-state index contributed by atoms with van der Waals surface area (Å²) in [7, 11) is 0. The normalized spacial score (nSPS) is 41.2. The summed E-state index contributed by atoms with van der Waals surface area (Å²) >= 11 is 11.8. The fraction of sp³-hybridized carbons (Fsp3) is 0.870. The van der Waals surface area contributed by atoms with Crippen molar-refractivity contribution in [2.75, 3.05) is 13.2 Å². The lowest BCUT2D eigenvalue weighted by Gasteiger charge is -2.53. The van der Waals surface area contributed by atoms with E-state index in [1.807, 2.05) is 0 Å². The van der Waals surface area contributed by atoms with Crippen LogP contribution in [0.15, 0.2) is 0 Å². The summed E-state index contributed by atoms with van der Waals surface area (Å²) in [5.41, 5.74) is -1.95. The van der Waals surface area contributed by atoms with Gasteiger partial charge in [0, 0.05) is 12.8 Å². The van der Waals surface area contributed by atoms with Crippen LogP contribution in [-0.2, 0) is 23.9 Å². The Labute approximate surface area is 213 Å². The quantitative estimate of drug-likeness (QED) is 0.410. The number of amides is 3. The summed E-state index contributed by atoms with van der Waals surface area (Å²) in [4.78, 5) is 37.9. The van der Waals surface area contributed by atoms with E-state index in [1.165, 1.54) is 0 Å². The summed E-state index contributed by atoms with van der Waals surface area (Å²) in [6, 6.07) is 0. The summed E-state index contributed by atoms with van der Waals surface area (Å²) in [6.07, 6.45) is 1.05. The van der Waals surface area contributed by atoms with Crippen LogP contribution in [0.1, 0.15) is 64.2 Å². The molecule has 3 aliphatic carbocycles.